The van der Waals surface area contributed by atoms with E-state index in [1.807, 2.05) is 18.5 Å². The molecule has 0 radical (unpaired) electrons. The topological polar surface area (TPSA) is 68.8 Å². The molecular weight excluding hydrogens is 410 g/mol. The van der Waals surface area contributed by atoms with Crippen molar-refractivity contribution in [1.82, 2.24) is 20.1 Å². The van der Waals surface area contributed by atoms with Crippen molar-refractivity contribution in [3.63, 3.8) is 0 Å². The van der Waals surface area contributed by atoms with Crippen molar-refractivity contribution in [2.45, 2.75) is 37.3 Å². The number of imide groups is 1. The molecule has 2 saturated heterocycles. The average Bonchev–Trinajstić information content (AvgIpc) is 3.10. The summed E-state index contributed by atoms with van der Waals surface area (Å²) >= 11 is 4.79. The number of amides is 2. The maximum atomic E-state index is 12.3. The number of pyridine rings is 1. The van der Waals surface area contributed by atoms with E-state index in [-0.39, 0.29) is 23.2 Å². The zero-order valence-electron chi connectivity index (χ0n) is 17.4. The predicted octanol–water partition coefficient (Wildman–Crippen LogP) is 1.95. The summed E-state index contributed by atoms with van der Waals surface area (Å²) in [5, 5.41) is 2.35. The minimum absolute atomic E-state index is 0.115. The molecule has 0 saturated carbocycles. The molecule has 5 rings (SSSR count). The van der Waals surface area contributed by atoms with E-state index >= 15 is 0 Å². The Labute approximate surface area is 187 Å². The molecule has 2 aromatic rings. The predicted molar refractivity (Wildman–Crippen MR) is 122 cm³/mol. The number of aromatic nitrogens is 1. The van der Waals surface area contributed by atoms with Crippen LogP contribution in [0.4, 0.5) is 5.69 Å². The number of thiol groups is 1. The lowest BCUT2D eigenvalue weighted by Crippen LogP contribution is -2.51. The number of nitrogens with zero attached hydrogens (tertiary/aromatic N) is 4. The third-order valence-electron chi connectivity index (χ3n) is 6.55. The van der Waals surface area contributed by atoms with E-state index in [4.69, 9.17) is 12.6 Å². The number of hydrogen-bond donors (Lipinski definition) is 2. The van der Waals surface area contributed by atoms with Gasteiger partial charge in [0.05, 0.1) is 23.3 Å². The van der Waals surface area contributed by atoms with Crippen molar-refractivity contribution < 1.29 is 9.59 Å². The lowest BCUT2D eigenvalue weighted by atomic mass is 10.0. The van der Waals surface area contributed by atoms with Gasteiger partial charge in [-0.25, -0.2) is 0 Å². The summed E-state index contributed by atoms with van der Waals surface area (Å²) < 4.78 is 0. The van der Waals surface area contributed by atoms with E-state index in [1.54, 1.807) is 0 Å². The fourth-order valence-corrected chi connectivity index (χ4v) is 5.34. The number of fused-ring (bicyclic) bond motifs is 1. The quantitative estimate of drug-likeness (QED) is 0.563. The summed E-state index contributed by atoms with van der Waals surface area (Å²) in [5.74, 6) is -0.380. The summed E-state index contributed by atoms with van der Waals surface area (Å²) in [4.78, 5) is 35.0. The maximum Gasteiger partial charge on any atom is 0.243 e. The van der Waals surface area contributed by atoms with Crippen LogP contribution in [-0.2, 0) is 22.7 Å². The number of rotatable bonds is 4. The van der Waals surface area contributed by atoms with Crippen LogP contribution in [0.1, 0.15) is 34.9 Å². The molecule has 3 aliphatic heterocycles. The van der Waals surface area contributed by atoms with Crippen LogP contribution in [0, 0.1) is 0 Å². The zero-order chi connectivity index (χ0) is 21.4. The number of piperazine rings is 1. The van der Waals surface area contributed by atoms with Crippen molar-refractivity contribution in [3.8, 4) is 0 Å². The largest absolute Gasteiger partial charge is 0.368 e. The van der Waals surface area contributed by atoms with Crippen LogP contribution in [-0.4, -0.2) is 58.8 Å². The molecule has 1 aromatic heterocycles. The van der Waals surface area contributed by atoms with Crippen LogP contribution in [0.5, 0.6) is 0 Å². The second-order valence-electron chi connectivity index (χ2n) is 8.52. The number of nitrogens with one attached hydrogen (secondary N) is 1. The molecular formula is C23H27N5O2S. The first-order valence-corrected chi connectivity index (χ1v) is 11.4. The first-order valence-electron chi connectivity index (χ1n) is 10.8. The maximum absolute atomic E-state index is 12.3. The molecule has 1 aromatic carbocycles. The number of carbonyl (C=O) groups excluding carboxylic acids is 2. The Morgan fingerprint density at radius 2 is 1.97 bits per heavy atom. The van der Waals surface area contributed by atoms with Gasteiger partial charge in [0.2, 0.25) is 11.8 Å². The molecule has 31 heavy (non-hydrogen) atoms. The highest BCUT2D eigenvalue weighted by Crippen LogP contribution is 2.39. The number of carbonyl (C=O) groups is 2. The number of piperidine rings is 1. The van der Waals surface area contributed by atoms with Gasteiger partial charge in [-0.2, -0.15) is 12.6 Å². The van der Waals surface area contributed by atoms with E-state index < -0.39 is 0 Å². The molecule has 3 aliphatic rings. The minimum atomic E-state index is -0.295. The highest BCUT2D eigenvalue weighted by atomic mass is 32.1. The van der Waals surface area contributed by atoms with Gasteiger partial charge in [-0.3, -0.25) is 29.7 Å². The molecule has 0 spiro atoms. The van der Waals surface area contributed by atoms with Crippen molar-refractivity contribution in [2.75, 3.05) is 31.1 Å². The second-order valence-corrected chi connectivity index (χ2v) is 9.01. The number of benzene rings is 1. The fourth-order valence-electron chi connectivity index (χ4n) is 4.85. The monoisotopic (exact) mass is 437 g/mol. The van der Waals surface area contributed by atoms with Crippen molar-refractivity contribution >= 4 is 30.1 Å². The standard InChI is InChI=1S/C23H27N5O2S/c29-21-6-5-20(22(30)25-21)28-15-17-12-16(3-4-19(17)23(28)31)14-26-8-10-27(11-9-26)18-2-1-7-24-13-18/h1-4,7,12-13,20,23,31H,5-6,8-11,14-15H2,(H,25,29,30). The van der Waals surface area contributed by atoms with Crippen molar-refractivity contribution in [2.24, 2.45) is 0 Å². The average molecular weight is 438 g/mol. The van der Waals surface area contributed by atoms with Gasteiger partial charge < -0.3 is 4.90 Å². The van der Waals surface area contributed by atoms with Crippen molar-refractivity contribution in [1.29, 1.82) is 0 Å². The molecule has 8 heteroatoms. The Morgan fingerprint density at radius 1 is 1.13 bits per heavy atom. The smallest absolute Gasteiger partial charge is 0.243 e. The number of hydrogen-bond acceptors (Lipinski definition) is 7. The second kappa shape index (κ2) is 8.61. The summed E-state index contributed by atoms with van der Waals surface area (Å²) in [6, 6.07) is 10.4. The third-order valence-corrected chi connectivity index (χ3v) is 7.13. The van der Waals surface area contributed by atoms with Gasteiger partial charge in [0.1, 0.15) is 0 Å². The Kier molecular flexibility index (Phi) is 5.69. The molecule has 2 unspecified atom stereocenters. The number of anilines is 1. The molecule has 0 bridgehead atoms. The highest BCUT2D eigenvalue weighted by Gasteiger charge is 2.39. The lowest BCUT2D eigenvalue weighted by Gasteiger charge is -2.36. The lowest BCUT2D eigenvalue weighted by molar-refractivity contribution is -0.137. The fraction of sp³-hybridized carbons (Fsp3) is 0.435. The SMILES string of the molecule is O=C1CCC(N2Cc3cc(CN4CCN(c5cccnc5)CC4)ccc3C2S)C(=O)N1. The van der Waals surface area contributed by atoms with Crippen LogP contribution >= 0.6 is 12.6 Å². The summed E-state index contributed by atoms with van der Waals surface area (Å²) in [6.45, 7) is 5.65. The van der Waals surface area contributed by atoms with Gasteiger partial charge >= 0.3 is 0 Å². The van der Waals surface area contributed by atoms with E-state index in [9.17, 15) is 9.59 Å². The van der Waals surface area contributed by atoms with Crippen molar-refractivity contribution in [3.05, 3.63) is 59.4 Å². The van der Waals surface area contributed by atoms with Crippen LogP contribution < -0.4 is 10.2 Å². The Balaban J connectivity index is 1.21. The summed E-state index contributed by atoms with van der Waals surface area (Å²) in [5.41, 5.74) is 4.88. The van der Waals surface area contributed by atoms with Gasteiger partial charge in [0, 0.05) is 51.9 Å². The molecule has 7 nitrogen and oxygen atoms in total. The summed E-state index contributed by atoms with van der Waals surface area (Å²) in [6.07, 6.45) is 4.69. The molecule has 162 valence electrons. The molecule has 4 heterocycles. The highest BCUT2D eigenvalue weighted by molar-refractivity contribution is 7.80. The van der Waals surface area contributed by atoms with Crippen LogP contribution in [0.15, 0.2) is 42.7 Å². The normalized spacial score (nSPS) is 24.9. The summed E-state index contributed by atoms with van der Waals surface area (Å²) in [7, 11) is 0. The van der Waals surface area contributed by atoms with Gasteiger partial charge in [-0.05, 0) is 35.2 Å². The van der Waals surface area contributed by atoms with E-state index in [0.717, 1.165) is 38.3 Å². The van der Waals surface area contributed by atoms with Crippen LogP contribution in [0.3, 0.4) is 0 Å². The Hall–Kier alpha value is -2.42. The van der Waals surface area contributed by atoms with E-state index in [0.29, 0.717) is 19.4 Å². The van der Waals surface area contributed by atoms with Gasteiger partial charge in [-0.15, -0.1) is 0 Å². The molecule has 2 fully saturated rings. The van der Waals surface area contributed by atoms with Gasteiger partial charge in [0.15, 0.2) is 0 Å². The van der Waals surface area contributed by atoms with Gasteiger partial charge in [0.25, 0.3) is 0 Å². The molecule has 0 aliphatic carbocycles. The van der Waals surface area contributed by atoms with E-state index in [1.165, 1.54) is 16.8 Å². The molecule has 2 amide bonds. The van der Waals surface area contributed by atoms with Gasteiger partial charge in [-0.1, -0.05) is 18.2 Å². The molecule has 2 atom stereocenters. The zero-order valence-corrected chi connectivity index (χ0v) is 18.3. The minimum Gasteiger partial charge on any atom is -0.368 e. The Morgan fingerprint density at radius 3 is 2.71 bits per heavy atom. The third kappa shape index (κ3) is 4.20. The van der Waals surface area contributed by atoms with E-state index in [2.05, 4.69) is 49.3 Å². The first kappa shape index (κ1) is 20.5. The molecule has 1 N–H and O–H groups in total. The van der Waals surface area contributed by atoms with Crippen LogP contribution in [0.2, 0.25) is 0 Å². The van der Waals surface area contributed by atoms with Crippen LogP contribution in [0.25, 0.3) is 0 Å². The Bertz CT molecular complexity index is 977. The first-order chi connectivity index (χ1) is 15.1.